The van der Waals surface area contributed by atoms with Crippen LogP contribution >= 0.6 is 12.4 Å². The predicted molar refractivity (Wildman–Crippen MR) is 51.3 cm³/mol. The molecule has 0 saturated carbocycles. The predicted octanol–water partition coefficient (Wildman–Crippen LogP) is 0.670. The second-order valence-corrected chi connectivity index (χ2v) is 2.60. The molecule has 0 aromatic carbocycles. The average molecular weight is 210 g/mol. The number of amides is 1. The molecular formula is C7H16ClN3O2. The van der Waals surface area contributed by atoms with Crippen LogP contribution in [0, 0.1) is 0 Å². The first-order valence-corrected chi connectivity index (χ1v) is 4.27. The standard InChI is InChI=1S/C7H15N3O2.ClH/c1-2-12-7(11)10-6-4-3-5-8-9-10;/h8-9H,2-6H2,1H3;1H. The molecule has 1 rings (SSSR count). The summed E-state index contributed by atoms with van der Waals surface area (Å²) in [6.45, 7) is 3.79. The normalized spacial score (nSPS) is 17.2. The third-order valence-electron chi connectivity index (χ3n) is 1.64. The van der Waals surface area contributed by atoms with Crippen molar-refractivity contribution in [2.45, 2.75) is 19.8 Å². The molecule has 1 amide bonds. The third-order valence-corrected chi connectivity index (χ3v) is 1.64. The maximum Gasteiger partial charge on any atom is 0.425 e. The first kappa shape index (κ1) is 12.5. The Labute approximate surface area is 84.2 Å². The van der Waals surface area contributed by atoms with Crippen LogP contribution in [0.25, 0.3) is 0 Å². The summed E-state index contributed by atoms with van der Waals surface area (Å²) in [5.74, 6) is 0. The van der Waals surface area contributed by atoms with Crippen molar-refractivity contribution in [3.8, 4) is 0 Å². The summed E-state index contributed by atoms with van der Waals surface area (Å²) in [4.78, 5) is 11.2. The first-order chi connectivity index (χ1) is 5.84. The van der Waals surface area contributed by atoms with Crippen LogP contribution in [-0.2, 0) is 4.74 Å². The molecule has 0 aromatic heterocycles. The lowest BCUT2D eigenvalue weighted by Gasteiger charge is -2.19. The van der Waals surface area contributed by atoms with Crippen LogP contribution in [0.1, 0.15) is 19.8 Å². The molecule has 78 valence electrons. The first-order valence-electron chi connectivity index (χ1n) is 4.27. The molecule has 0 aromatic rings. The number of carbonyl (C=O) groups excluding carboxylic acids is 1. The lowest BCUT2D eigenvalue weighted by atomic mass is 10.3. The van der Waals surface area contributed by atoms with Crippen LogP contribution in [0.15, 0.2) is 0 Å². The van der Waals surface area contributed by atoms with Gasteiger partial charge in [0.25, 0.3) is 0 Å². The van der Waals surface area contributed by atoms with Crippen LogP contribution in [0.3, 0.4) is 0 Å². The van der Waals surface area contributed by atoms with Crippen molar-refractivity contribution in [3.63, 3.8) is 0 Å². The fourth-order valence-corrected chi connectivity index (χ4v) is 1.03. The quantitative estimate of drug-likeness (QED) is 0.667. The van der Waals surface area contributed by atoms with Crippen LogP contribution in [0.2, 0.25) is 0 Å². The second-order valence-electron chi connectivity index (χ2n) is 2.60. The van der Waals surface area contributed by atoms with E-state index in [4.69, 9.17) is 4.74 Å². The topological polar surface area (TPSA) is 53.6 Å². The Kier molecular flexibility index (Phi) is 6.66. The molecule has 0 spiro atoms. The molecule has 0 unspecified atom stereocenters. The molecule has 0 aliphatic carbocycles. The summed E-state index contributed by atoms with van der Waals surface area (Å²) in [5, 5.41) is 1.45. The van der Waals surface area contributed by atoms with E-state index in [1.165, 1.54) is 5.01 Å². The average Bonchev–Trinajstić information content (AvgIpc) is 2.32. The van der Waals surface area contributed by atoms with Crippen molar-refractivity contribution in [2.24, 2.45) is 0 Å². The number of nitrogens with zero attached hydrogens (tertiary/aromatic N) is 1. The zero-order valence-corrected chi connectivity index (χ0v) is 8.52. The van der Waals surface area contributed by atoms with Gasteiger partial charge >= 0.3 is 6.09 Å². The maximum atomic E-state index is 11.2. The number of halogens is 1. The van der Waals surface area contributed by atoms with E-state index in [2.05, 4.69) is 11.0 Å². The van der Waals surface area contributed by atoms with Gasteiger partial charge in [-0.3, -0.25) is 0 Å². The van der Waals surface area contributed by atoms with Crippen molar-refractivity contribution in [1.29, 1.82) is 0 Å². The van der Waals surface area contributed by atoms with E-state index < -0.39 is 0 Å². The van der Waals surface area contributed by atoms with E-state index in [0.29, 0.717) is 13.2 Å². The van der Waals surface area contributed by atoms with Crippen LogP contribution in [-0.4, -0.2) is 30.8 Å². The smallest absolute Gasteiger partial charge is 0.425 e. The van der Waals surface area contributed by atoms with E-state index in [1.807, 2.05) is 0 Å². The van der Waals surface area contributed by atoms with Gasteiger partial charge in [0.15, 0.2) is 0 Å². The largest absolute Gasteiger partial charge is 0.449 e. The number of rotatable bonds is 1. The Hall–Kier alpha value is -0.520. The highest BCUT2D eigenvalue weighted by Gasteiger charge is 2.14. The monoisotopic (exact) mass is 209 g/mol. The molecule has 1 aliphatic heterocycles. The number of carbonyl (C=O) groups is 1. The van der Waals surface area contributed by atoms with Gasteiger partial charge in [-0.25, -0.2) is 15.2 Å². The zero-order chi connectivity index (χ0) is 8.81. The number of hydrazine groups is 2. The van der Waals surface area contributed by atoms with Crippen molar-refractivity contribution < 1.29 is 9.53 Å². The minimum atomic E-state index is -0.313. The van der Waals surface area contributed by atoms with Gasteiger partial charge < -0.3 is 4.74 Å². The fourth-order valence-electron chi connectivity index (χ4n) is 1.03. The molecule has 5 nitrogen and oxygen atoms in total. The number of ether oxygens (including phenoxy) is 1. The van der Waals surface area contributed by atoms with Crippen molar-refractivity contribution in [1.82, 2.24) is 16.0 Å². The highest BCUT2D eigenvalue weighted by Crippen LogP contribution is 1.97. The van der Waals surface area contributed by atoms with Crippen molar-refractivity contribution in [3.05, 3.63) is 0 Å². The summed E-state index contributed by atoms with van der Waals surface area (Å²) in [7, 11) is 0. The Morgan fingerprint density at radius 3 is 3.00 bits per heavy atom. The third kappa shape index (κ3) is 4.31. The van der Waals surface area contributed by atoms with Gasteiger partial charge in [0, 0.05) is 13.1 Å². The highest BCUT2D eigenvalue weighted by molar-refractivity contribution is 5.85. The fraction of sp³-hybridized carbons (Fsp3) is 0.857. The van der Waals surface area contributed by atoms with E-state index in [0.717, 1.165) is 19.4 Å². The molecule has 1 heterocycles. The van der Waals surface area contributed by atoms with Gasteiger partial charge in [0.1, 0.15) is 0 Å². The lowest BCUT2D eigenvalue weighted by molar-refractivity contribution is 0.0813. The van der Waals surface area contributed by atoms with E-state index >= 15 is 0 Å². The van der Waals surface area contributed by atoms with Gasteiger partial charge in [-0.2, -0.15) is 5.53 Å². The van der Waals surface area contributed by atoms with Gasteiger partial charge in [0.2, 0.25) is 0 Å². The van der Waals surface area contributed by atoms with Crippen LogP contribution in [0.4, 0.5) is 4.79 Å². The molecule has 1 fully saturated rings. The van der Waals surface area contributed by atoms with Crippen LogP contribution in [0.5, 0.6) is 0 Å². The molecule has 2 N–H and O–H groups in total. The Balaban J connectivity index is 0.00000144. The minimum Gasteiger partial charge on any atom is -0.449 e. The molecular weight excluding hydrogens is 194 g/mol. The molecule has 0 radical (unpaired) electrons. The number of nitrogens with one attached hydrogen (secondary N) is 2. The number of hydrogen-bond donors (Lipinski definition) is 2. The second kappa shape index (κ2) is 6.94. The molecule has 1 saturated heterocycles. The number of hydrogen-bond acceptors (Lipinski definition) is 4. The van der Waals surface area contributed by atoms with E-state index in [-0.39, 0.29) is 18.5 Å². The molecule has 0 bridgehead atoms. The maximum absolute atomic E-state index is 11.2. The van der Waals surface area contributed by atoms with Gasteiger partial charge in [-0.15, -0.1) is 12.4 Å². The Morgan fingerprint density at radius 2 is 2.31 bits per heavy atom. The summed E-state index contributed by atoms with van der Waals surface area (Å²) in [6.07, 6.45) is 1.76. The van der Waals surface area contributed by atoms with Crippen molar-refractivity contribution in [2.75, 3.05) is 19.7 Å². The van der Waals surface area contributed by atoms with Gasteiger partial charge in [0.05, 0.1) is 6.61 Å². The summed E-state index contributed by atoms with van der Waals surface area (Å²) in [5.41, 5.74) is 5.69. The SMILES string of the molecule is CCOC(=O)N1CCCCNN1.Cl. The minimum absolute atomic E-state index is 0. The van der Waals surface area contributed by atoms with Crippen LogP contribution < -0.4 is 11.0 Å². The van der Waals surface area contributed by atoms with Gasteiger partial charge in [-0.1, -0.05) is 0 Å². The summed E-state index contributed by atoms with van der Waals surface area (Å²) < 4.78 is 4.82. The van der Waals surface area contributed by atoms with Crippen molar-refractivity contribution >= 4 is 18.5 Å². The summed E-state index contributed by atoms with van der Waals surface area (Å²) in [6, 6.07) is 0. The molecule has 13 heavy (non-hydrogen) atoms. The molecule has 6 heteroatoms. The highest BCUT2D eigenvalue weighted by atomic mass is 35.5. The molecule has 1 aliphatic rings. The Bertz CT molecular complexity index is 149. The van der Waals surface area contributed by atoms with Gasteiger partial charge in [-0.05, 0) is 19.8 Å². The lowest BCUT2D eigenvalue weighted by Crippen LogP contribution is -2.49. The van der Waals surface area contributed by atoms with E-state index in [1.54, 1.807) is 6.92 Å². The molecule has 0 atom stereocenters. The summed E-state index contributed by atoms with van der Waals surface area (Å²) >= 11 is 0. The zero-order valence-electron chi connectivity index (χ0n) is 7.71. The van der Waals surface area contributed by atoms with E-state index in [9.17, 15) is 4.79 Å². The Morgan fingerprint density at radius 1 is 1.54 bits per heavy atom.